The summed E-state index contributed by atoms with van der Waals surface area (Å²) in [7, 11) is 0. The zero-order valence-corrected chi connectivity index (χ0v) is 10.7. The van der Waals surface area contributed by atoms with Crippen molar-refractivity contribution in [3.8, 4) is 0 Å². The zero-order valence-electron chi connectivity index (χ0n) is 9.91. The number of aromatic nitrogens is 1. The molecule has 1 heterocycles. The average Bonchev–Trinajstić information content (AvgIpc) is 2.81. The van der Waals surface area contributed by atoms with Gasteiger partial charge in [0.1, 0.15) is 6.61 Å². The topological polar surface area (TPSA) is 54.1 Å². The van der Waals surface area contributed by atoms with Gasteiger partial charge < -0.3 is 4.98 Å². The third-order valence-electron chi connectivity index (χ3n) is 2.66. The Hall–Kier alpha value is -1.36. The molecule has 4 nitrogen and oxygen atoms in total. The average molecular weight is 267 g/mol. The first kappa shape index (κ1) is 13.1. The lowest BCUT2D eigenvalue weighted by atomic mass is 10.1. The molecular formula is C13H15ClN2O2. The molecule has 0 aliphatic rings. The van der Waals surface area contributed by atoms with Gasteiger partial charge in [0.15, 0.2) is 5.78 Å². The Morgan fingerprint density at radius 2 is 2.22 bits per heavy atom. The summed E-state index contributed by atoms with van der Waals surface area (Å²) in [6.45, 7) is 0.662. The molecule has 0 spiro atoms. The summed E-state index contributed by atoms with van der Waals surface area (Å²) in [6.07, 6.45) is 2.83. The molecule has 0 fully saturated rings. The number of carbonyl (C=O) groups excluding carboxylic acids is 1. The van der Waals surface area contributed by atoms with Gasteiger partial charge >= 0.3 is 0 Å². The first-order valence-electron chi connectivity index (χ1n) is 5.78. The molecule has 5 heteroatoms. The monoisotopic (exact) mass is 266 g/mol. The van der Waals surface area contributed by atoms with E-state index in [9.17, 15) is 4.79 Å². The maximum Gasteiger partial charge on any atom is 0.175 e. The van der Waals surface area contributed by atoms with Crippen LogP contribution in [0.25, 0.3) is 10.9 Å². The number of fused-ring (bicyclic) bond motifs is 1. The molecule has 2 aromatic rings. The van der Waals surface area contributed by atoms with Crippen LogP contribution < -0.4 is 5.48 Å². The van der Waals surface area contributed by atoms with Crippen LogP contribution in [0.5, 0.6) is 0 Å². The SMILES string of the molecule is O=C(CCl)CONCCc1c[nH]c2ccccc12. The fourth-order valence-electron chi connectivity index (χ4n) is 1.77. The van der Waals surface area contributed by atoms with Crippen LogP contribution in [0.15, 0.2) is 30.5 Å². The van der Waals surface area contributed by atoms with E-state index in [-0.39, 0.29) is 18.3 Å². The van der Waals surface area contributed by atoms with Crippen LogP contribution in [0, 0.1) is 0 Å². The molecule has 1 aromatic heterocycles. The van der Waals surface area contributed by atoms with Crippen LogP contribution in [0.4, 0.5) is 0 Å². The fourth-order valence-corrected chi connectivity index (χ4v) is 1.84. The number of benzene rings is 1. The van der Waals surface area contributed by atoms with Gasteiger partial charge in [-0.05, 0) is 18.1 Å². The number of aromatic amines is 1. The van der Waals surface area contributed by atoms with Crippen LogP contribution in [0.3, 0.4) is 0 Å². The van der Waals surface area contributed by atoms with Crippen molar-refractivity contribution < 1.29 is 9.63 Å². The Labute approximate surface area is 110 Å². The van der Waals surface area contributed by atoms with Crippen molar-refractivity contribution in [2.45, 2.75) is 6.42 Å². The van der Waals surface area contributed by atoms with E-state index in [1.165, 1.54) is 10.9 Å². The first-order chi connectivity index (χ1) is 8.81. The fraction of sp³-hybridized carbons (Fsp3) is 0.308. The van der Waals surface area contributed by atoms with E-state index in [0.717, 1.165) is 11.9 Å². The molecule has 0 aliphatic carbocycles. The molecule has 2 N–H and O–H groups in total. The van der Waals surface area contributed by atoms with E-state index in [1.807, 2.05) is 24.4 Å². The Balaban J connectivity index is 1.78. The second-order valence-electron chi connectivity index (χ2n) is 3.96. The molecule has 0 aliphatic heterocycles. The van der Waals surface area contributed by atoms with Gasteiger partial charge in [0.25, 0.3) is 0 Å². The normalized spacial score (nSPS) is 10.9. The maximum absolute atomic E-state index is 10.9. The van der Waals surface area contributed by atoms with Crippen LogP contribution in [-0.2, 0) is 16.1 Å². The van der Waals surface area contributed by atoms with Gasteiger partial charge in [-0.3, -0.25) is 9.63 Å². The Morgan fingerprint density at radius 1 is 1.39 bits per heavy atom. The third-order valence-corrected chi connectivity index (χ3v) is 2.95. The van der Waals surface area contributed by atoms with Gasteiger partial charge in [-0.2, -0.15) is 0 Å². The zero-order chi connectivity index (χ0) is 12.8. The Bertz CT molecular complexity index is 524. The highest BCUT2D eigenvalue weighted by atomic mass is 35.5. The van der Waals surface area contributed by atoms with Crippen LogP contribution in [0.1, 0.15) is 5.56 Å². The number of ketones is 1. The number of Topliss-reactive ketones (excluding diaryl/α,β-unsaturated/α-hetero) is 1. The standard InChI is InChI=1S/C13H15ClN2O2/c14-7-11(17)9-18-16-6-5-10-8-15-13-4-2-1-3-12(10)13/h1-4,8,15-16H,5-7,9H2. The van der Waals surface area contributed by atoms with Crippen molar-refractivity contribution in [1.29, 1.82) is 0 Å². The third kappa shape index (κ3) is 3.32. The number of nitrogens with one attached hydrogen (secondary N) is 2. The number of halogens is 1. The summed E-state index contributed by atoms with van der Waals surface area (Å²) in [6, 6.07) is 8.14. The van der Waals surface area contributed by atoms with Crippen LogP contribution >= 0.6 is 11.6 Å². The van der Waals surface area contributed by atoms with E-state index < -0.39 is 0 Å². The van der Waals surface area contributed by atoms with E-state index in [4.69, 9.17) is 16.4 Å². The Kier molecular flexibility index (Phi) is 4.75. The number of carbonyl (C=O) groups is 1. The number of hydrogen-bond donors (Lipinski definition) is 2. The van der Waals surface area contributed by atoms with Crippen molar-refractivity contribution >= 4 is 28.3 Å². The molecule has 1 aromatic carbocycles. The number of hydrogen-bond acceptors (Lipinski definition) is 3. The van der Waals surface area contributed by atoms with Gasteiger partial charge in [0, 0.05) is 23.6 Å². The van der Waals surface area contributed by atoms with Gasteiger partial charge in [-0.1, -0.05) is 18.2 Å². The molecule has 0 saturated heterocycles. The van der Waals surface area contributed by atoms with Crippen LogP contribution in [-0.4, -0.2) is 29.8 Å². The molecule has 0 atom stereocenters. The molecule has 0 bridgehead atoms. The lowest BCUT2D eigenvalue weighted by Crippen LogP contribution is -2.22. The lowest BCUT2D eigenvalue weighted by Gasteiger charge is -2.03. The Morgan fingerprint density at radius 3 is 3.06 bits per heavy atom. The van der Waals surface area contributed by atoms with Crippen molar-refractivity contribution in [2.75, 3.05) is 19.0 Å². The van der Waals surface area contributed by atoms with Gasteiger partial charge in [0.2, 0.25) is 0 Å². The van der Waals surface area contributed by atoms with E-state index in [0.29, 0.717) is 6.54 Å². The molecule has 18 heavy (non-hydrogen) atoms. The predicted octanol–water partition coefficient (Wildman–Crippen LogP) is 2.04. The summed E-state index contributed by atoms with van der Waals surface area (Å²) in [4.78, 5) is 19.1. The van der Waals surface area contributed by atoms with Crippen molar-refractivity contribution in [3.05, 3.63) is 36.0 Å². The molecule has 0 saturated carbocycles. The highest BCUT2D eigenvalue weighted by Crippen LogP contribution is 2.17. The minimum absolute atomic E-state index is 0.00979. The molecule has 0 radical (unpaired) electrons. The number of hydroxylamine groups is 1. The molecular weight excluding hydrogens is 252 g/mol. The number of alkyl halides is 1. The molecule has 0 unspecified atom stereocenters. The quantitative estimate of drug-likeness (QED) is 0.458. The molecule has 2 rings (SSSR count). The lowest BCUT2D eigenvalue weighted by molar-refractivity contribution is -0.123. The van der Waals surface area contributed by atoms with Gasteiger partial charge in [-0.25, -0.2) is 5.48 Å². The molecule has 96 valence electrons. The minimum atomic E-state index is -0.128. The maximum atomic E-state index is 10.9. The van der Waals surface area contributed by atoms with Gasteiger partial charge in [0.05, 0.1) is 5.88 Å². The van der Waals surface area contributed by atoms with Crippen molar-refractivity contribution in [3.63, 3.8) is 0 Å². The predicted molar refractivity (Wildman–Crippen MR) is 71.7 cm³/mol. The number of para-hydroxylation sites is 1. The smallest absolute Gasteiger partial charge is 0.175 e. The summed E-state index contributed by atoms with van der Waals surface area (Å²) in [5.41, 5.74) is 5.12. The van der Waals surface area contributed by atoms with E-state index >= 15 is 0 Å². The first-order valence-corrected chi connectivity index (χ1v) is 6.32. The van der Waals surface area contributed by atoms with E-state index in [2.05, 4.69) is 16.5 Å². The van der Waals surface area contributed by atoms with Crippen LogP contribution in [0.2, 0.25) is 0 Å². The van der Waals surface area contributed by atoms with Gasteiger partial charge in [-0.15, -0.1) is 11.6 Å². The minimum Gasteiger partial charge on any atom is -0.361 e. The second kappa shape index (κ2) is 6.54. The highest BCUT2D eigenvalue weighted by Gasteiger charge is 2.03. The summed E-state index contributed by atoms with van der Waals surface area (Å²) < 4.78 is 0. The summed E-state index contributed by atoms with van der Waals surface area (Å²) in [5.74, 6) is -0.138. The number of H-pyrrole nitrogens is 1. The van der Waals surface area contributed by atoms with Crippen molar-refractivity contribution in [2.24, 2.45) is 0 Å². The van der Waals surface area contributed by atoms with Crippen molar-refractivity contribution in [1.82, 2.24) is 10.5 Å². The molecule has 0 amide bonds. The summed E-state index contributed by atoms with van der Waals surface area (Å²) >= 11 is 5.35. The summed E-state index contributed by atoms with van der Waals surface area (Å²) in [5, 5.41) is 1.22. The number of rotatable bonds is 7. The second-order valence-corrected chi connectivity index (χ2v) is 4.23. The highest BCUT2D eigenvalue weighted by molar-refractivity contribution is 6.27. The largest absolute Gasteiger partial charge is 0.361 e. The van der Waals surface area contributed by atoms with E-state index in [1.54, 1.807) is 0 Å².